The molecule has 0 saturated carbocycles. The second-order valence-electron chi connectivity index (χ2n) is 9.99. The van der Waals surface area contributed by atoms with Crippen molar-refractivity contribution in [2.24, 2.45) is 0 Å². The molecule has 0 aliphatic carbocycles. The van der Waals surface area contributed by atoms with Gasteiger partial charge >= 0.3 is 42.1 Å². The Bertz CT molecular complexity index is 1190. The first-order chi connectivity index (χ1) is 18.0. The Morgan fingerprint density at radius 2 is 1.12 bits per heavy atom. The number of alkyl halides is 9. The van der Waals surface area contributed by atoms with Gasteiger partial charge in [-0.2, -0.15) is 48.3 Å². The third-order valence-electron chi connectivity index (χ3n) is 4.13. The van der Waals surface area contributed by atoms with Gasteiger partial charge in [0.05, 0.1) is 16.4 Å². The van der Waals surface area contributed by atoms with Crippen LogP contribution in [-0.4, -0.2) is 47.3 Å². The number of nitrogens with one attached hydrogen (secondary N) is 2. The fraction of sp³-hybridized carbons (Fsp3) is 0.545. The van der Waals surface area contributed by atoms with E-state index in [2.05, 4.69) is 4.74 Å². The number of benzene rings is 1. The molecule has 0 heterocycles. The Kier molecular flexibility index (Phi) is 10.1. The van der Waals surface area contributed by atoms with Crippen LogP contribution >= 0.6 is 11.6 Å². The van der Waals surface area contributed by atoms with Crippen molar-refractivity contribution in [3.05, 3.63) is 29.0 Å². The summed E-state index contributed by atoms with van der Waals surface area (Å²) in [6, 6.07) is -2.39. The molecule has 0 aromatic heterocycles. The summed E-state index contributed by atoms with van der Waals surface area (Å²) >= 11 is 5.95. The molecule has 0 unspecified atom stereocenters. The number of rotatable bonds is 7. The summed E-state index contributed by atoms with van der Waals surface area (Å²) in [7, 11) is 0. The first-order valence-corrected chi connectivity index (χ1v) is 11.2. The Morgan fingerprint density at radius 3 is 1.51 bits per heavy atom. The molecule has 1 aromatic carbocycles. The van der Waals surface area contributed by atoms with E-state index in [-0.39, 0.29) is 0 Å². The van der Waals surface area contributed by atoms with Crippen LogP contribution in [0.2, 0.25) is 5.02 Å². The summed E-state index contributed by atoms with van der Waals surface area (Å²) in [5.41, 5.74) is -3.75. The molecule has 234 valence electrons. The zero-order valence-corrected chi connectivity index (χ0v) is 22.5. The fourth-order valence-corrected chi connectivity index (χ4v) is 2.65. The number of hydrogen-bond acceptors (Lipinski definition) is 5. The van der Waals surface area contributed by atoms with Crippen LogP contribution in [0.5, 0.6) is 5.75 Å². The minimum atomic E-state index is -7.55. The Balaban J connectivity index is 3.65. The predicted octanol–water partition coefficient (Wildman–Crippen LogP) is 8.99. The van der Waals surface area contributed by atoms with Gasteiger partial charge in [-0.05, 0) is 47.6 Å². The average molecular weight is 639 g/mol. The first kappa shape index (κ1) is 35.8. The molecule has 2 amide bonds. The fourth-order valence-electron chi connectivity index (χ4n) is 2.44. The number of amides is 2. The average Bonchev–Trinajstić information content (AvgIpc) is 2.72. The lowest BCUT2D eigenvalue weighted by Crippen LogP contribution is -2.61. The minimum absolute atomic E-state index is 0.409. The third-order valence-corrected chi connectivity index (χ3v) is 4.45. The largest absolute Gasteiger partial charge is 0.460 e. The van der Waals surface area contributed by atoms with Gasteiger partial charge in [0, 0.05) is 6.07 Å². The highest BCUT2D eigenvalue weighted by atomic mass is 35.5. The van der Waals surface area contributed by atoms with Gasteiger partial charge in [-0.25, -0.2) is 9.59 Å². The van der Waals surface area contributed by atoms with E-state index in [0.717, 1.165) is 0 Å². The van der Waals surface area contributed by atoms with E-state index < -0.39 is 81.3 Å². The molecule has 19 heteroatoms. The van der Waals surface area contributed by atoms with Gasteiger partial charge in [-0.3, -0.25) is 10.6 Å². The monoisotopic (exact) mass is 638 g/mol. The van der Waals surface area contributed by atoms with E-state index in [9.17, 15) is 57.9 Å². The van der Waals surface area contributed by atoms with Crippen molar-refractivity contribution < 1.29 is 72.1 Å². The minimum Gasteiger partial charge on any atom is -0.444 e. The summed E-state index contributed by atoms with van der Waals surface area (Å²) in [5.74, 6) is -27.7. The molecular weight excluding hydrogens is 617 g/mol. The van der Waals surface area contributed by atoms with E-state index in [1.54, 1.807) is 0 Å². The van der Waals surface area contributed by atoms with E-state index in [0.29, 0.717) is 12.1 Å². The van der Waals surface area contributed by atoms with Crippen molar-refractivity contribution >= 4 is 35.2 Å². The Morgan fingerprint density at radius 1 is 0.707 bits per heavy atom. The SMILES string of the molecule is CC(C)(C)OC(=O)Nc1cc(OC(F)=C(F)C(F)(F)C(F)(F)C(F)(F)C(F)(F)F)c(NC(=O)OC(C)(C)C)cc1Cl. The summed E-state index contributed by atoms with van der Waals surface area (Å²) in [6.45, 7) is 8.41. The number of ether oxygens (including phenoxy) is 3. The van der Waals surface area contributed by atoms with Crippen molar-refractivity contribution in [2.75, 3.05) is 10.6 Å². The van der Waals surface area contributed by atoms with Crippen LogP contribution in [0, 0.1) is 0 Å². The standard InChI is InChI=1S/C22H22ClF11N2O5/c1-17(2,3)40-15(37)35-10-8-12(11(7-9(10)23)36-16(38)41-18(4,5)6)39-14(25)13(24)19(26,27)20(28,29)21(30,31)22(32,33)34/h7-8H,1-6H3,(H,35,37)(H,36,38). The molecular formula is C22H22ClF11N2O5. The highest BCUT2D eigenvalue weighted by molar-refractivity contribution is 6.34. The van der Waals surface area contributed by atoms with Gasteiger partial charge in [0.15, 0.2) is 5.75 Å². The van der Waals surface area contributed by atoms with Crippen molar-refractivity contribution in [3.63, 3.8) is 0 Å². The molecule has 7 nitrogen and oxygen atoms in total. The number of halogens is 12. The van der Waals surface area contributed by atoms with Gasteiger partial charge in [0.1, 0.15) is 11.2 Å². The van der Waals surface area contributed by atoms with E-state index in [1.165, 1.54) is 41.5 Å². The lowest BCUT2D eigenvalue weighted by Gasteiger charge is -2.32. The zero-order valence-electron chi connectivity index (χ0n) is 21.7. The Hall–Kier alpha value is -3.18. The van der Waals surface area contributed by atoms with Crippen LogP contribution < -0.4 is 15.4 Å². The third kappa shape index (κ3) is 8.65. The van der Waals surface area contributed by atoms with Crippen molar-refractivity contribution in [1.29, 1.82) is 0 Å². The molecule has 1 rings (SSSR count). The highest BCUT2D eigenvalue weighted by Crippen LogP contribution is 2.56. The molecule has 1 aromatic rings. The second kappa shape index (κ2) is 11.6. The molecule has 0 bridgehead atoms. The summed E-state index contributed by atoms with van der Waals surface area (Å²) < 4.78 is 160. The van der Waals surface area contributed by atoms with E-state index >= 15 is 0 Å². The maximum Gasteiger partial charge on any atom is 0.460 e. The topological polar surface area (TPSA) is 85.9 Å². The van der Waals surface area contributed by atoms with Gasteiger partial charge in [-0.15, -0.1) is 0 Å². The maximum atomic E-state index is 14.4. The molecule has 0 saturated heterocycles. The Labute approximate surface area is 229 Å². The zero-order chi connectivity index (χ0) is 32.6. The van der Waals surface area contributed by atoms with Crippen LogP contribution in [0.3, 0.4) is 0 Å². The van der Waals surface area contributed by atoms with Crippen LogP contribution in [0.15, 0.2) is 24.0 Å². The molecule has 0 atom stereocenters. The molecule has 0 radical (unpaired) electrons. The maximum absolute atomic E-state index is 14.4. The number of allylic oxidation sites excluding steroid dienone is 1. The number of anilines is 2. The van der Waals surface area contributed by atoms with Crippen molar-refractivity contribution in [2.45, 2.75) is 76.7 Å². The molecule has 0 spiro atoms. The highest BCUT2D eigenvalue weighted by Gasteiger charge is 2.83. The normalized spacial score (nSPS) is 14.2. The van der Waals surface area contributed by atoms with Crippen LogP contribution in [0.25, 0.3) is 0 Å². The van der Waals surface area contributed by atoms with E-state index in [4.69, 9.17) is 21.1 Å². The lowest BCUT2D eigenvalue weighted by molar-refractivity contribution is -0.392. The van der Waals surface area contributed by atoms with Gasteiger partial charge in [-0.1, -0.05) is 11.6 Å². The van der Waals surface area contributed by atoms with Crippen LogP contribution in [-0.2, 0) is 9.47 Å². The summed E-state index contributed by atoms with van der Waals surface area (Å²) in [5, 5.41) is 3.32. The van der Waals surface area contributed by atoms with Gasteiger partial charge in [0.2, 0.25) is 5.83 Å². The number of carbonyl (C=O) groups excluding carboxylic acids is 2. The van der Waals surface area contributed by atoms with Gasteiger partial charge < -0.3 is 14.2 Å². The first-order valence-electron chi connectivity index (χ1n) is 10.8. The predicted molar refractivity (Wildman–Crippen MR) is 122 cm³/mol. The molecule has 2 N–H and O–H groups in total. The van der Waals surface area contributed by atoms with Crippen LogP contribution in [0.1, 0.15) is 41.5 Å². The van der Waals surface area contributed by atoms with Crippen LogP contribution in [0.4, 0.5) is 69.3 Å². The quantitative estimate of drug-likeness (QED) is 0.230. The van der Waals surface area contributed by atoms with E-state index in [1.807, 2.05) is 10.6 Å². The molecule has 0 aliphatic heterocycles. The van der Waals surface area contributed by atoms with Crippen molar-refractivity contribution in [1.82, 2.24) is 0 Å². The molecule has 0 fully saturated rings. The molecule has 0 aliphatic rings. The van der Waals surface area contributed by atoms with Crippen molar-refractivity contribution in [3.8, 4) is 5.75 Å². The number of carbonyl (C=O) groups is 2. The summed E-state index contributed by atoms with van der Waals surface area (Å²) in [4.78, 5) is 24.2. The second-order valence-corrected chi connectivity index (χ2v) is 10.4. The lowest BCUT2D eigenvalue weighted by atomic mass is 10.0. The number of hydrogen-bond donors (Lipinski definition) is 2. The van der Waals surface area contributed by atoms with Gasteiger partial charge in [0.25, 0.3) is 0 Å². The molecule has 41 heavy (non-hydrogen) atoms. The summed E-state index contributed by atoms with van der Waals surface area (Å²) in [6.07, 6.45) is -9.90. The smallest absolute Gasteiger partial charge is 0.444 e.